The second-order valence-electron chi connectivity index (χ2n) is 9.18. The first-order valence-electron chi connectivity index (χ1n) is 12.1. The molecule has 2 aromatic carbocycles. The van der Waals surface area contributed by atoms with Crippen molar-refractivity contribution in [2.45, 2.75) is 50.7 Å². The highest BCUT2D eigenvalue weighted by molar-refractivity contribution is 5.88. The molecule has 8 heteroatoms. The number of nitrogens with one attached hydrogen (secondary N) is 2. The van der Waals surface area contributed by atoms with E-state index in [1.54, 1.807) is 13.8 Å². The zero-order valence-corrected chi connectivity index (χ0v) is 20.1. The number of amides is 2. The Labute approximate surface area is 205 Å². The predicted molar refractivity (Wildman–Crippen MR) is 130 cm³/mol. The second-order valence-corrected chi connectivity index (χ2v) is 9.18. The van der Waals surface area contributed by atoms with Gasteiger partial charge >= 0.3 is 12.1 Å². The van der Waals surface area contributed by atoms with E-state index in [1.807, 2.05) is 24.3 Å². The molecule has 0 aromatic heterocycles. The molecule has 8 nitrogen and oxygen atoms in total. The minimum absolute atomic E-state index is 0.0180. The molecular formula is C27H32N2O6. The average molecular weight is 481 g/mol. The summed E-state index contributed by atoms with van der Waals surface area (Å²) in [7, 11) is 0. The molecule has 0 saturated carbocycles. The number of hydrogen-bond acceptors (Lipinski definition) is 5. The van der Waals surface area contributed by atoms with Crippen LogP contribution in [0.5, 0.6) is 0 Å². The smallest absolute Gasteiger partial charge is 0.407 e. The molecule has 0 bridgehead atoms. The van der Waals surface area contributed by atoms with E-state index in [-0.39, 0.29) is 37.7 Å². The zero-order valence-electron chi connectivity index (χ0n) is 20.1. The summed E-state index contributed by atoms with van der Waals surface area (Å²) in [5.74, 6) is -1.85. The van der Waals surface area contributed by atoms with Crippen LogP contribution in [0, 0.1) is 5.92 Å². The van der Waals surface area contributed by atoms with Gasteiger partial charge in [-0.25, -0.2) is 9.59 Å². The van der Waals surface area contributed by atoms with Crippen molar-refractivity contribution < 1.29 is 29.0 Å². The lowest BCUT2D eigenvalue weighted by atomic mass is 9.91. The van der Waals surface area contributed by atoms with Crippen LogP contribution in [0.2, 0.25) is 0 Å². The summed E-state index contributed by atoms with van der Waals surface area (Å²) in [5, 5.41) is 15.0. The Balaban J connectivity index is 1.26. The summed E-state index contributed by atoms with van der Waals surface area (Å²) < 4.78 is 11.2. The predicted octanol–water partition coefficient (Wildman–Crippen LogP) is 3.69. The van der Waals surface area contributed by atoms with Gasteiger partial charge in [-0.05, 0) is 41.5 Å². The lowest BCUT2D eigenvalue weighted by Gasteiger charge is -2.29. The number of carbonyl (C=O) groups is 3. The van der Waals surface area contributed by atoms with Crippen LogP contribution < -0.4 is 10.6 Å². The maximum Gasteiger partial charge on any atom is 0.407 e. The molecule has 2 amide bonds. The number of ether oxygens (including phenoxy) is 2. The van der Waals surface area contributed by atoms with E-state index in [4.69, 9.17) is 9.47 Å². The summed E-state index contributed by atoms with van der Waals surface area (Å²) in [5.41, 5.74) is 3.35. The van der Waals surface area contributed by atoms with Gasteiger partial charge in [0.2, 0.25) is 5.91 Å². The van der Waals surface area contributed by atoms with E-state index in [2.05, 4.69) is 34.9 Å². The number of carboxylic acid groups (broad SMARTS) is 1. The zero-order chi connectivity index (χ0) is 25.0. The molecule has 2 unspecified atom stereocenters. The highest BCUT2D eigenvalue weighted by atomic mass is 16.5. The van der Waals surface area contributed by atoms with Crippen LogP contribution in [-0.4, -0.2) is 54.5 Å². The summed E-state index contributed by atoms with van der Waals surface area (Å²) >= 11 is 0. The van der Waals surface area contributed by atoms with Crippen molar-refractivity contribution in [3.8, 4) is 11.1 Å². The number of hydrogen-bond donors (Lipinski definition) is 3. The van der Waals surface area contributed by atoms with Gasteiger partial charge in [0, 0.05) is 12.5 Å². The fraction of sp³-hybridized carbons (Fsp3) is 0.444. The lowest BCUT2D eigenvalue weighted by Crippen LogP contribution is -2.55. The third-order valence-corrected chi connectivity index (χ3v) is 7.25. The minimum atomic E-state index is -1.27. The molecule has 0 spiro atoms. The maximum absolute atomic E-state index is 12.7. The first kappa shape index (κ1) is 24.7. The molecule has 0 radical (unpaired) electrons. The highest BCUT2D eigenvalue weighted by Gasteiger charge is 2.40. The van der Waals surface area contributed by atoms with Gasteiger partial charge in [0.15, 0.2) is 0 Å². The Morgan fingerprint density at radius 2 is 1.63 bits per heavy atom. The Hall–Kier alpha value is -3.39. The third kappa shape index (κ3) is 5.03. The van der Waals surface area contributed by atoms with Crippen LogP contribution in [0.25, 0.3) is 11.1 Å². The second kappa shape index (κ2) is 10.5. The topological polar surface area (TPSA) is 114 Å². The quantitative estimate of drug-likeness (QED) is 0.504. The molecule has 1 aliphatic heterocycles. The summed E-state index contributed by atoms with van der Waals surface area (Å²) in [6, 6.07) is 16.3. The number of aliphatic carboxylic acids is 1. The van der Waals surface area contributed by atoms with Gasteiger partial charge < -0.3 is 25.2 Å². The number of carboxylic acids is 1. The number of benzene rings is 2. The first-order chi connectivity index (χ1) is 16.9. The van der Waals surface area contributed by atoms with Gasteiger partial charge in [-0.2, -0.15) is 0 Å². The van der Waals surface area contributed by atoms with Gasteiger partial charge in [0.25, 0.3) is 0 Å². The molecule has 186 valence electrons. The summed E-state index contributed by atoms with van der Waals surface area (Å²) in [4.78, 5) is 36.7. The molecule has 1 saturated heterocycles. The number of rotatable bonds is 9. The molecule has 2 atom stereocenters. The Morgan fingerprint density at radius 1 is 1.03 bits per heavy atom. The molecule has 1 fully saturated rings. The van der Waals surface area contributed by atoms with Gasteiger partial charge in [-0.1, -0.05) is 62.4 Å². The van der Waals surface area contributed by atoms with E-state index in [0.717, 1.165) is 11.1 Å². The highest BCUT2D eigenvalue weighted by Crippen LogP contribution is 2.44. The lowest BCUT2D eigenvalue weighted by molar-refractivity contribution is -0.148. The molecule has 4 rings (SSSR count). The van der Waals surface area contributed by atoms with Crippen LogP contribution >= 0.6 is 0 Å². The van der Waals surface area contributed by atoms with Crippen molar-refractivity contribution in [2.75, 3.05) is 19.8 Å². The fourth-order valence-corrected chi connectivity index (χ4v) is 5.00. The number of carbonyl (C=O) groups excluding carboxylic acids is 2. The molecule has 35 heavy (non-hydrogen) atoms. The molecule has 1 aliphatic carbocycles. The minimum Gasteiger partial charge on any atom is -0.480 e. The molecular weight excluding hydrogens is 448 g/mol. The molecule has 2 aliphatic rings. The summed E-state index contributed by atoms with van der Waals surface area (Å²) in [6.45, 7) is 4.11. The molecule has 3 N–H and O–H groups in total. The van der Waals surface area contributed by atoms with E-state index < -0.39 is 23.5 Å². The van der Waals surface area contributed by atoms with Crippen molar-refractivity contribution in [1.82, 2.24) is 10.6 Å². The van der Waals surface area contributed by atoms with Crippen molar-refractivity contribution in [3.05, 3.63) is 59.7 Å². The summed E-state index contributed by atoms with van der Waals surface area (Å²) in [6.07, 6.45) is 0.119. The monoisotopic (exact) mass is 480 g/mol. The van der Waals surface area contributed by atoms with E-state index >= 15 is 0 Å². The van der Waals surface area contributed by atoms with Crippen molar-refractivity contribution in [3.63, 3.8) is 0 Å². The fourth-order valence-electron chi connectivity index (χ4n) is 5.00. The molecule has 1 heterocycles. The van der Waals surface area contributed by atoms with Crippen molar-refractivity contribution >= 4 is 18.0 Å². The molecule has 2 aromatic rings. The van der Waals surface area contributed by atoms with Gasteiger partial charge in [0.1, 0.15) is 12.1 Å². The Bertz CT molecular complexity index is 1050. The van der Waals surface area contributed by atoms with Crippen LogP contribution in [0.15, 0.2) is 48.5 Å². The van der Waals surface area contributed by atoms with Crippen LogP contribution in [0.4, 0.5) is 4.79 Å². The van der Waals surface area contributed by atoms with Crippen molar-refractivity contribution in [1.29, 1.82) is 0 Å². The Morgan fingerprint density at radius 3 is 2.20 bits per heavy atom. The van der Waals surface area contributed by atoms with E-state index in [1.165, 1.54) is 11.1 Å². The van der Waals surface area contributed by atoms with Crippen LogP contribution in [0.3, 0.4) is 0 Å². The van der Waals surface area contributed by atoms with Gasteiger partial charge in [-0.3, -0.25) is 4.79 Å². The maximum atomic E-state index is 12.7. The van der Waals surface area contributed by atoms with E-state index in [0.29, 0.717) is 19.3 Å². The largest absolute Gasteiger partial charge is 0.480 e. The standard InChI is InChI=1S/C27H32N2O6/c1-3-27(4-2,25(31)32)29-24(30)17-13-18(34-15-17)14-28-26(33)35-16-23-21-11-7-5-9-19(21)20-10-6-8-12-22(20)23/h5-12,17-18,23H,3-4,13-16H2,1-2H3,(H,28,33)(H,29,30)(H,31,32). The normalized spacial score (nSPS) is 19.0. The third-order valence-electron chi connectivity index (χ3n) is 7.25. The first-order valence-corrected chi connectivity index (χ1v) is 12.1. The van der Waals surface area contributed by atoms with Gasteiger partial charge in [-0.15, -0.1) is 0 Å². The van der Waals surface area contributed by atoms with Crippen LogP contribution in [-0.2, 0) is 19.1 Å². The van der Waals surface area contributed by atoms with E-state index in [9.17, 15) is 19.5 Å². The number of fused-ring (bicyclic) bond motifs is 3. The van der Waals surface area contributed by atoms with Crippen LogP contribution in [0.1, 0.15) is 50.2 Å². The number of alkyl carbamates (subject to hydrolysis) is 1. The average Bonchev–Trinajstić information content (AvgIpc) is 3.48. The Kier molecular flexibility index (Phi) is 7.40. The SMILES string of the molecule is CCC(CC)(NC(=O)C1COC(CNC(=O)OCC2c3ccccc3-c3ccccc32)C1)C(=O)O. The van der Waals surface area contributed by atoms with Crippen molar-refractivity contribution in [2.24, 2.45) is 5.92 Å². The van der Waals surface area contributed by atoms with Gasteiger partial charge in [0.05, 0.1) is 18.6 Å².